The molecule has 1 aromatic carbocycles. The first-order chi connectivity index (χ1) is 10.7. The largest absolute Gasteiger partial charge is 0.389 e. The van der Waals surface area contributed by atoms with E-state index in [0.717, 1.165) is 53.9 Å². The van der Waals surface area contributed by atoms with Crippen LogP contribution in [0.2, 0.25) is 0 Å². The molecule has 118 valence electrons. The zero-order valence-corrected chi connectivity index (χ0v) is 14.2. The molecular weight excluding hydrogens is 292 g/mol. The van der Waals surface area contributed by atoms with Crippen molar-refractivity contribution in [3.63, 3.8) is 0 Å². The van der Waals surface area contributed by atoms with Crippen LogP contribution in [0.25, 0.3) is 10.9 Å². The molecule has 1 aliphatic rings. The Kier molecular flexibility index (Phi) is 4.69. The molecule has 0 saturated heterocycles. The Morgan fingerprint density at radius 3 is 2.59 bits per heavy atom. The van der Waals surface area contributed by atoms with Gasteiger partial charge in [-0.05, 0) is 31.6 Å². The van der Waals surface area contributed by atoms with E-state index in [2.05, 4.69) is 19.2 Å². The average molecular weight is 316 g/mol. The molecule has 1 fully saturated rings. The van der Waals surface area contributed by atoms with E-state index in [4.69, 9.17) is 9.97 Å². The topological polar surface area (TPSA) is 46.0 Å². The number of fused-ring (bicyclic) bond motifs is 1. The highest BCUT2D eigenvalue weighted by Crippen LogP contribution is 2.41. The van der Waals surface area contributed by atoms with Gasteiger partial charge < -0.3 is 5.11 Å². The van der Waals surface area contributed by atoms with E-state index in [1.807, 2.05) is 18.2 Å². The molecule has 4 heteroatoms. The molecule has 3 nitrogen and oxygen atoms in total. The summed E-state index contributed by atoms with van der Waals surface area (Å²) < 4.78 is 0. The summed E-state index contributed by atoms with van der Waals surface area (Å²) in [6, 6.07) is 8.15. The van der Waals surface area contributed by atoms with Gasteiger partial charge in [-0.1, -0.05) is 44.4 Å². The van der Waals surface area contributed by atoms with Crippen LogP contribution in [0.4, 0.5) is 0 Å². The van der Waals surface area contributed by atoms with Gasteiger partial charge in [-0.2, -0.15) is 0 Å². The fourth-order valence-electron chi connectivity index (χ4n) is 3.69. The van der Waals surface area contributed by atoms with Crippen LogP contribution in [-0.4, -0.2) is 26.9 Å². The maximum absolute atomic E-state index is 11.1. The van der Waals surface area contributed by atoms with E-state index < -0.39 is 5.60 Å². The highest BCUT2D eigenvalue weighted by atomic mass is 32.2. The molecule has 1 N–H and O–H groups in total. The first-order valence-corrected chi connectivity index (χ1v) is 9.43. The summed E-state index contributed by atoms with van der Waals surface area (Å²) >= 11 is 1.65. The number of hydrogen-bond donors (Lipinski definition) is 1. The van der Waals surface area contributed by atoms with Gasteiger partial charge in [0.15, 0.2) is 0 Å². The van der Waals surface area contributed by atoms with Crippen molar-refractivity contribution in [2.75, 3.05) is 6.26 Å². The van der Waals surface area contributed by atoms with Crippen LogP contribution in [0.1, 0.15) is 57.2 Å². The van der Waals surface area contributed by atoms with Crippen LogP contribution in [0.15, 0.2) is 29.3 Å². The molecule has 1 atom stereocenters. The summed E-state index contributed by atoms with van der Waals surface area (Å²) in [5.41, 5.74) is 0.347. The molecule has 1 aliphatic carbocycles. The number of nitrogens with zero attached hydrogens (tertiary/aromatic N) is 2. The Hall–Kier alpha value is -1.13. The summed E-state index contributed by atoms with van der Waals surface area (Å²) in [6.45, 7) is 2.13. The third-order valence-corrected chi connectivity index (χ3v) is 5.56. The minimum Gasteiger partial charge on any atom is -0.389 e. The van der Waals surface area contributed by atoms with Crippen molar-refractivity contribution < 1.29 is 5.11 Å². The minimum atomic E-state index is -0.634. The van der Waals surface area contributed by atoms with E-state index in [9.17, 15) is 5.11 Å². The van der Waals surface area contributed by atoms with Gasteiger partial charge in [0, 0.05) is 11.3 Å². The van der Waals surface area contributed by atoms with Gasteiger partial charge in [-0.25, -0.2) is 9.97 Å². The van der Waals surface area contributed by atoms with Crippen LogP contribution in [0.5, 0.6) is 0 Å². The molecule has 1 aromatic heterocycles. The van der Waals surface area contributed by atoms with Crippen LogP contribution in [-0.2, 0) is 0 Å². The Morgan fingerprint density at radius 2 is 1.91 bits per heavy atom. The molecule has 0 amide bonds. The molecular formula is C18H24N2OS. The lowest BCUT2D eigenvalue weighted by molar-refractivity contribution is -0.0252. The summed E-state index contributed by atoms with van der Waals surface area (Å²) in [4.78, 5) is 9.59. The van der Waals surface area contributed by atoms with E-state index in [1.165, 1.54) is 6.42 Å². The SMILES string of the molecule is CCC(c1nc(SC)c2ccccc2n1)C1(O)CCCCC1. The van der Waals surface area contributed by atoms with Crippen LogP contribution < -0.4 is 0 Å². The molecule has 2 aromatic rings. The molecule has 3 rings (SSSR count). The second-order valence-corrected chi connectivity index (χ2v) is 7.03. The van der Waals surface area contributed by atoms with Gasteiger partial charge >= 0.3 is 0 Å². The minimum absolute atomic E-state index is 0.0308. The first-order valence-electron chi connectivity index (χ1n) is 8.21. The number of rotatable bonds is 4. The Balaban J connectivity index is 2.07. The van der Waals surface area contributed by atoms with Crippen LogP contribution in [0.3, 0.4) is 0 Å². The van der Waals surface area contributed by atoms with Crippen molar-refractivity contribution in [1.29, 1.82) is 0 Å². The van der Waals surface area contributed by atoms with Gasteiger partial charge in [0.1, 0.15) is 10.9 Å². The normalized spacial score (nSPS) is 19.2. The van der Waals surface area contributed by atoms with Crippen molar-refractivity contribution >= 4 is 22.7 Å². The lowest BCUT2D eigenvalue weighted by atomic mass is 9.74. The predicted molar refractivity (Wildman–Crippen MR) is 92.4 cm³/mol. The van der Waals surface area contributed by atoms with E-state index in [-0.39, 0.29) is 5.92 Å². The van der Waals surface area contributed by atoms with Gasteiger partial charge in [-0.3, -0.25) is 0 Å². The molecule has 1 saturated carbocycles. The van der Waals surface area contributed by atoms with E-state index >= 15 is 0 Å². The second-order valence-electron chi connectivity index (χ2n) is 6.23. The zero-order chi connectivity index (χ0) is 15.6. The Labute approximate surface area is 136 Å². The highest BCUT2D eigenvalue weighted by molar-refractivity contribution is 7.98. The summed E-state index contributed by atoms with van der Waals surface area (Å²) in [7, 11) is 0. The fourth-order valence-corrected chi connectivity index (χ4v) is 4.27. The first kappa shape index (κ1) is 15.8. The monoisotopic (exact) mass is 316 g/mol. The van der Waals surface area contributed by atoms with E-state index in [1.54, 1.807) is 11.8 Å². The van der Waals surface area contributed by atoms with E-state index in [0.29, 0.717) is 0 Å². The van der Waals surface area contributed by atoms with Crippen molar-refractivity contribution in [2.24, 2.45) is 0 Å². The lowest BCUT2D eigenvalue weighted by Gasteiger charge is -2.38. The number of hydrogen-bond acceptors (Lipinski definition) is 4. The third kappa shape index (κ3) is 2.86. The third-order valence-electron chi connectivity index (χ3n) is 4.87. The van der Waals surface area contributed by atoms with Crippen molar-refractivity contribution in [2.45, 2.75) is 62.0 Å². The molecule has 1 heterocycles. The van der Waals surface area contributed by atoms with Gasteiger partial charge in [0.25, 0.3) is 0 Å². The van der Waals surface area contributed by atoms with Crippen molar-refractivity contribution in [1.82, 2.24) is 9.97 Å². The summed E-state index contributed by atoms with van der Waals surface area (Å²) in [6.07, 6.45) is 8.11. The van der Waals surface area contributed by atoms with Gasteiger partial charge in [-0.15, -0.1) is 11.8 Å². The van der Waals surface area contributed by atoms with Gasteiger partial charge in [0.2, 0.25) is 0 Å². The maximum atomic E-state index is 11.1. The molecule has 1 unspecified atom stereocenters. The van der Waals surface area contributed by atoms with Crippen LogP contribution in [0, 0.1) is 0 Å². The maximum Gasteiger partial charge on any atom is 0.136 e. The number of aliphatic hydroxyl groups is 1. The molecule has 0 bridgehead atoms. The molecule has 0 spiro atoms. The number of aromatic nitrogens is 2. The molecule has 0 aliphatic heterocycles. The number of thioether (sulfide) groups is 1. The Bertz CT molecular complexity index is 653. The smallest absolute Gasteiger partial charge is 0.136 e. The quantitative estimate of drug-likeness (QED) is 0.664. The summed E-state index contributed by atoms with van der Waals surface area (Å²) in [5, 5.41) is 13.2. The highest BCUT2D eigenvalue weighted by Gasteiger charge is 2.39. The average Bonchev–Trinajstić information content (AvgIpc) is 2.55. The zero-order valence-electron chi connectivity index (χ0n) is 13.4. The fraction of sp³-hybridized carbons (Fsp3) is 0.556. The van der Waals surface area contributed by atoms with Gasteiger partial charge in [0.05, 0.1) is 11.1 Å². The predicted octanol–water partition coefficient (Wildman–Crippen LogP) is 4.54. The molecule has 0 radical (unpaired) electrons. The number of benzene rings is 1. The van der Waals surface area contributed by atoms with Crippen molar-refractivity contribution in [3.05, 3.63) is 30.1 Å². The second kappa shape index (κ2) is 6.55. The number of para-hydroxylation sites is 1. The van der Waals surface area contributed by atoms with Crippen LogP contribution >= 0.6 is 11.8 Å². The molecule has 22 heavy (non-hydrogen) atoms. The Morgan fingerprint density at radius 1 is 1.18 bits per heavy atom. The standard InChI is InChI=1S/C18H24N2OS/c1-3-14(18(21)11-7-4-8-12-18)16-19-15-10-6-5-9-13(15)17(20-16)22-2/h5-6,9-10,14,21H,3-4,7-8,11-12H2,1-2H3. The lowest BCUT2D eigenvalue weighted by Crippen LogP contribution is -2.39. The summed E-state index contributed by atoms with van der Waals surface area (Å²) in [5.74, 6) is 0.846. The van der Waals surface area contributed by atoms with Crippen molar-refractivity contribution in [3.8, 4) is 0 Å².